The van der Waals surface area contributed by atoms with Gasteiger partial charge in [-0.3, -0.25) is 0 Å². The largest absolute Gasteiger partial charge is 0.495 e. The molecule has 0 aliphatic carbocycles. The maximum atomic E-state index is 5.45. The van der Waals surface area contributed by atoms with Gasteiger partial charge in [0.05, 0.1) is 18.1 Å². The molecule has 5 nitrogen and oxygen atoms in total. The molecule has 0 radical (unpaired) electrons. The van der Waals surface area contributed by atoms with Crippen LogP contribution in [0.2, 0.25) is 0 Å². The quantitative estimate of drug-likeness (QED) is 0.582. The molecule has 22 heavy (non-hydrogen) atoms. The molecule has 0 unspecified atom stereocenters. The van der Waals surface area contributed by atoms with Crippen LogP contribution in [0.1, 0.15) is 0 Å². The average molecular weight is 292 g/mol. The number of ether oxygens (including phenoxy) is 3. The molecule has 1 aliphatic heterocycles. The number of fused-ring (bicyclic) bond motifs is 5. The lowest BCUT2D eigenvalue weighted by atomic mass is 10.1. The van der Waals surface area contributed by atoms with Crippen molar-refractivity contribution in [2.24, 2.45) is 0 Å². The third-order valence-electron chi connectivity index (χ3n) is 4.09. The van der Waals surface area contributed by atoms with E-state index in [2.05, 4.69) is 17.1 Å². The summed E-state index contributed by atoms with van der Waals surface area (Å²) in [6.45, 7) is 0.268. The maximum Gasteiger partial charge on any atom is 0.231 e. The van der Waals surface area contributed by atoms with E-state index in [1.165, 1.54) is 0 Å². The summed E-state index contributed by atoms with van der Waals surface area (Å²) in [5.41, 5.74) is 2.68. The number of pyridine rings is 1. The zero-order valence-electron chi connectivity index (χ0n) is 11.8. The summed E-state index contributed by atoms with van der Waals surface area (Å²) in [6.07, 6.45) is 0. The van der Waals surface area contributed by atoms with E-state index in [0.717, 1.165) is 50.1 Å². The van der Waals surface area contributed by atoms with Gasteiger partial charge in [-0.2, -0.15) is 0 Å². The van der Waals surface area contributed by atoms with Crippen LogP contribution in [-0.2, 0) is 0 Å². The van der Waals surface area contributed by atoms with Gasteiger partial charge in [0, 0.05) is 22.2 Å². The molecule has 0 fully saturated rings. The monoisotopic (exact) mass is 292 g/mol. The molecule has 5 heteroatoms. The van der Waals surface area contributed by atoms with Crippen LogP contribution in [-0.4, -0.2) is 23.9 Å². The van der Waals surface area contributed by atoms with Crippen LogP contribution in [0.4, 0.5) is 0 Å². The average Bonchev–Trinajstić information content (AvgIpc) is 3.13. The normalized spacial score (nSPS) is 13.3. The van der Waals surface area contributed by atoms with Gasteiger partial charge in [0.1, 0.15) is 11.4 Å². The highest BCUT2D eigenvalue weighted by molar-refractivity contribution is 6.11. The minimum atomic E-state index is 0.268. The van der Waals surface area contributed by atoms with Crippen molar-refractivity contribution in [2.45, 2.75) is 0 Å². The molecule has 0 saturated heterocycles. The number of methoxy groups -OCH3 is 1. The summed E-state index contributed by atoms with van der Waals surface area (Å²) in [7, 11) is 1.67. The van der Waals surface area contributed by atoms with Crippen molar-refractivity contribution in [3.05, 3.63) is 36.4 Å². The van der Waals surface area contributed by atoms with E-state index in [9.17, 15) is 0 Å². The summed E-state index contributed by atoms with van der Waals surface area (Å²) in [5.74, 6) is 2.33. The first-order valence-corrected chi connectivity index (χ1v) is 7.02. The Morgan fingerprint density at radius 3 is 2.82 bits per heavy atom. The summed E-state index contributed by atoms with van der Waals surface area (Å²) in [5, 5.41) is 3.20. The van der Waals surface area contributed by atoms with Gasteiger partial charge in [-0.25, -0.2) is 4.98 Å². The van der Waals surface area contributed by atoms with Crippen LogP contribution >= 0.6 is 0 Å². The molecule has 1 N–H and O–H groups in total. The summed E-state index contributed by atoms with van der Waals surface area (Å²) >= 11 is 0. The second-order valence-electron chi connectivity index (χ2n) is 5.29. The SMILES string of the molecule is COc1cccc2c1[nH]c1nc3cc4c(cc3cc12)OCO4. The number of benzene rings is 2. The van der Waals surface area contributed by atoms with Crippen molar-refractivity contribution in [3.8, 4) is 17.2 Å². The number of aromatic amines is 1. The van der Waals surface area contributed by atoms with E-state index < -0.39 is 0 Å². The van der Waals surface area contributed by atoms with Crippen LogP contribution in [0, 0.1) is 0 Å². The Morgan fingerprint density at radius 2 is 1.95 bits per heavy atom. The molecular weight excluding hydrogens is 280 g/mol. The Bertz CT molecular complexity index is 1050. The van der Waals surface area contributed by atoms with Gasteiger partial charge < -0.3 is 19.2 Å². The Balaban J connectivity index is 1.90. The number of nitrogens with one attached hydrogen (secondary N) is 1. The van der Waals surface area contributed by atoms with Gasteiger partial charge >= 0.3 is 0 Å². The zero-order chi connectivity index (χ0) is 14.7. The number of rotatable bonds is 1. The van der Waals surface area contributed by atoms with Crippen LogP contribution in [0.15, 0.2) is 36.4 Å². The fourth-order valence-corrected chi connectivity index (χ4v) is 3.04. The molecule has 0 bridgehead atoms. The lowest BCUT2D eigenvalue weighted by molar-refractivity contribution is 0.174. The standard InChI is InChI=1S/C17H12N2O3/c1-20-13-4-2-3-10-11-5-9-6-14-15(22-8-21-14)7-12(9)18-17(11)19-16(10)13/h2-7H,8H2,1H3,(H,18,19). The first kappa shape index (κ1) is 11.7. The number of H-pyrrole nitrogens is 1. The third kappa shape index (κ3) is 1.45. The van der Waals surface area contributed by atoms with E-state index in [1.54, 1.807) is 7.11 Å². The topological polar surface area (TPSA) is 56.4 Å². The maximum absolute atomic E-state index is 5.45. The summed E-state index contributed by atoms with van der Waals surface area (Å²) < 4.78 is 16.3. The molecule has 2 aromatic heterocycles. The predicted molar refractivity (Wildman–Crippen MR) is 83.8 cm³/mol. The fraction of sp³-hybridized carbons (Fsp3) is 0.118. The predicted octanol–water partition coefficient (Wildman–Crippen LogP) is 3.61. The van der Waals surface area contributed by atoms with E-state index in [1.807, 2.05) is 24.3 Å². The molecule has 4 aromatic rings. The molecule has 0 spiro atoms. The first-order valence-electron chi connectivity index (χ1n) is 7.02. The second kappa shape index (κ2) is 4.04. The molecule has 1 aliphatic rings. The smallest absolute Gasteiger partial charge is 0.231 e. The number of hydrogen-bond acceptors (Lipinski definition) is 4. The Labute approximate surface area is 125 Å². The highest BCUT2D eigenvalue weighted by Crippen LogP contribution is 2.38. The molecule has 5 rings (SSSR count). The minimum Gasteiger partial charge on any atom is -0.495 e. The third-order valence-corrected chi connectivity index (χ3v) is 4.09. The fourth-order valence-electron chi connectivity index (χ4n) is 3.04. The van der Waals surface area contributed by atoms with E-state index in [4.69, 9.17) is 19.2 Å². The van der Waals surface area contributed by atoms with Crippen molar-refractivity contribution in [1.29, 1.82) is 0 Å². The van der Waals surface area contributed by atoms with Crippen molar-refractivity contribution < 1.29 is 14.2 Å². The van der Waals surface area contributed by atoms with Crippen molar-refractivity contribution in [2.75, 3.05) is 13.9 Å². The minimum absolute atomic E-state index is 0.268. The van der Waals surface area contributed by atoms with E-state index >= 15 is 0 Å². The van der Waals surface area contributed by atoms with Gasteiger partial charge in [-0.05, 0) is 18.2 Å². The molecule has 0 saturated carbocycles. The van der Waals surface area contributed by atoms with Gasteiger partial charge in [0.15, 0.2) is 11.5 Å². The van der Waals surface area contributed by atoms with Crippen molar-refractivity contribution in [3.63, 3.8) is 0 Å². The second-order valence-corrected chi connectivity index (χ2v) is 5.29. The molecule has 2 aromatic carbocycles. The van der Waals surface area contributed by atoms with Gasteiger partial charge in [-0.15, -0.1) is 0 Å². The summed E-state index contributed by atoms with van der Waals surface area (Å²) in [6, 6.07) is 12.0. The van der Waals surface area contributed by atoms with E-state index in [-0.39, 0.29) is 6.79 Å². The van der Waals surface area contributed by atoms with E-state index in [0.29, 0.717) is 0 Å². The number of nitrogens with zero attached hydrogens (tertiary/aromatic N) is 1. The molecule has 0 amide bonds. The number of aromatic nitrogens is 2. The van der Waals surface area contributed by atoms with Crippen LogP contribution < -0.4 is 14.2 Å². The van der Waals surface area contributed by atoms with Gasteiger partial charge in [0.2, 0.25) is 6.79 Å². The first-order chi connectivity index (χ1) is 10.8. The molecule has 3 heterocycles. The number of para-hydroxylation sites is 1. The zero-order valence-corrected chi connectivity index (χ0v) is 11.8. The Hall–Kier alpha value is -2.95. The lowest BCUT2D eigenvalue weighted by Crippen LogP contribution is -1.92. The summed E-state index contributed by atoms with van der Waals surface area (Å²) in [4.78, 5) is 8.07. The Morgan fingerprint density at radius 1 is 1.09 bits per heavy atom. The van der Waals surface area contributed by atoms with Crippen molar-refractivity contribution in [1.82, 2.24) is 9.97 Å². The van der Waals surface area contributed by atoms with Crippen LogP contribution in [0.5, 0.6) is 17.2 Å². The van der Waals surface area contributed by atoms with Gasteiger partial charge in [-0.1, -0.05) is 12.1 Å². The lowest BCUT2D eigenvalue weighted by Gasteiger charge is -2.01. The molecular formula is C17H12N2O3. The molecule has 108 valence electrons. The van der Waals surface area contributed by atoms with Crippen molar-refractivity contribution >= 4 is 32.8 Å². The Kier molecular flexibility index (Phi) is 2.14. The molecule has 0 atom stereocenters. The highest BCUT2D eigenvalue weighted by Gasteiger charge is 2.16. The van der Waals surface area contributed by atoms with Crippen LogP contribution in [0.3, 0.4) is 0 Å². The van der Waals surface area contributed by atoms with Gasteiger partial charge in [0.25, 0.3) is 0 Å². The van der Waals surface area contributed by atoms with Crippen LogP contribution in [0.25, 0.3) is 32.8 Å². The number of hydrogen-bond donors (Lipinski definition) is 1. The highest BCUT2D eigenvalue weighted by atomic mass is 16.7.